The third kappa shape index (κ3) is 2.76. The summed E-state index contributed by atoms with van der Waals surface area (Å²) in [5, 5.41) is 5.31. The van der Waals surface area contributed by atoms with Crippen molar-refractivity contribution in [3.8, 4) is 5.75 Å². The summed E-state index contributed by atoms with van der Waals surface area (Å²) >= 11 is 5.87. The Kier molecular flexibility index (Phi) is 3.75. The number of rotatable bonds is 3. The Hall–Kier alpha value is -2.86. The average molecular weight is 331 g/mol. The number of fused-ring (bicyclic) bond motifs is 1. The molecule has 0 aromatic heterocycles. The maximum Gasteiger partial charge on any atom is 0.259 e. The number of nitrogens with one attached hydrogen (secondary N) is 2. The van der Waals surface area contributed by atoms with E-state index in [4.69, 9.17) is 16.3 Å². The fourth-order valence-corrected chi connectivity index (χ4v) is 2.46. The van der Waals surface area contributed by atoms with Gasteiger partial charge >= 0.3 is 0 Å². The number of anilines is 1. The maximum absolute atomic E-state index is 12.3. The largest absolute Gasteiger partial charge is 0.496 e. The number of ether oxygens (including phenoxy) is 1. The van der Waals surface area contributed by atoms with Gasteiger partial charge in [-0.3, -0.25) is 19.7 Å². The van der Waals surface area contributed by atoms with Crippen LogP contribution >= 0.6 is 11.6 Å². The number of carbonyl (C=O) groups excluding carboxylic acids is 3. The van der Waals surface area contributed by atoms with Gasteiger partial charge in [-0.15, -0.1) is 0 Å². The van der Waals surface area contributed by atoms with Crippen molar-refractivity contribution in [1.82, 2.24) is 5.32 Å². The molecule has 3 rings (SSSR count). The highest BCUT2D eigenvalue weighted by Crippen LogP contribution is 2.25. The Bertz CT molecular complexity index is 848. The first-order valence-electron chi connectivity index (χ1n) is 6.64. The van der Waals surface area contributed by atoms with Gasteiger partial charge in [0, 0.05) is 10.7 Å². The lowest BCUT2D eigenvalue weighted by molar-refractivity contribution is 0.0878. The zero-order valence-electron chi connectivity index (χ0n) is 12.0. The molecule has 1 aliphatic heterocycles. The molecular formula is C16H11ClN2O4. The molecule has 0 radical (unpaired) electrons. The van der Waals surface area contributed by atoms with Gasteiger partial charge in [-0.05, 0) is 36.4 Å². The molecule has 0 unspecified atom stereocenters. The number of hydrogen-bond acceptors (Lipinski definition) is 4. The number of benzene rings is 2. The van der Waals surface area contributed by atoms with E-state index in [-0.39, 0.29) is 11.1 Å². The minimum Gasteiger partial charge on any atom is -0.496 e. The molecule has 2 aromatic carbocycles. The molecule has 2 N–H and O–H groups in total. The van der Waals surface area contributed by atoms with E-state index < -0.39 is 17.7 Å². The molecule has 0 atom stereocenters. The summed E-state index contributed by atoms with van der Waals surface area (Å²) in [5.41, 5.74) is 1.22. The van der Waals surface area contributed by atoms with Crippen LogP contribution in [0, 0.1) is 0 Å². The summed E-state index contributed by atoms with van der Waals surface area (Å²) in [6.07, 6.45) is 0. The summed E-state index contributed by atoms with van der Waals surface area (Å²) in [4.78, 5) is 35.5. The van der Waals surface area contributed by atoms with Crippen molar-refractivity contribution >= 4 is 35.0 Å². The highest BCUT2D eigenvalue weighted by atomic mass is 35.5. The summed E-state index contributed by atoms with van der Waals surface area (Å²) < 4.78 is 5.14. The van der Waals surface area contributed by atoms with Gasteiger partial charge in [0.25, 0.3) is 17.7 Å². The lowest BCUT2D eigenvalue weighted by atomic mass is 10.1. The third-order valence-electron chi connectivity index (χ3n) is 3.40. The van der Waals surface area contributed by atoms with Crippen LogP contribution in [0.3, 0.4) is 0 Å². The molecule has 0 spiro atoms. The second-order valence-electron chi connectivity index (χ2n) is 4.84. The lowest BCUT2D eigenvalue weighted by Gasteiger charge is -2.10. The summed E-state index contributed by atoms with van der Waals surface area (Å²) in [7, 11) is 1.44. The van der Waals surface area contributed by atoms with Crippen LogP contribution in [0.1, 0.15) is 31.1 Å². The molecule has 0 bridgehead atoms. The van der Waals surface area contributed by atoms with Gasteiger partial charge in [0.05, 0.1) is 23.8 Å². The van der Waals surface area contributed by atoms with Crippen molar-refractivity contribution in [2.45, 2.75) is 0 Å². The summed E-state index contributed by atoms with van der Waals surface area (Å²) in [5.74, 6) is -1.00. The van der Waals surface area contributed by atoms with Crippen LogP contribution in [0.15, 0.2) is 36.4 Å². The maximum atomic E-state index is 12.3. The Labute approximate surface area is 136 Å². The zero-order valence-corrected chi connectivity index (χ0v) is 12.7. The van der Waals surface area contributed by atoms with E-state index in [1.54, 1.807) is 18.2 Å². The minimum atomic E-state index is -0.481. The van der Waals surface area contributed by atoms with Crippen LogP contribution in [0.5, 0.6) is 5.75 Å². The van der Waals surface area contributed by atoms with E-state index in [0.29, 0.717) is 22.0 Å². The van der Waals surface area contributed by atoms with E-state index in [2.05, 4.69) is 10.6 Å². The average Bonchev–Trinajstić information content (AvgIpc) is 2.81. The van der Waals surface area contributed by atoms with Crippen molar-refractivity contribution in [2.24, 2.45) is 0 Å². The highest BCUT2D eigenvalue weighted by molar-refractivity contribution is 6.31. The monoisotopic (exact) mass is 330 g/mol. The smallest absolute Gasteiger partial charge is 0.259 e. The van der Waals surface area contributed by atoms with Crippen LogP contribution < -0.4 is 15.4 Å². The predicted molar refractivity (Wildman–Crippen MR) is 84.2 cm³/mol. The lowest BCUT2D eigenvalue weighted by Crippen LogP contribution is -2.19. The summed E-state index contributed by atoms with van der Waals surface area (Å²) in [6.45, 7) is 0. The van der Waals surface area contributed by atoms with Crippen molar-refractivity contribution in [2.75, 3.05) is 12.4 Å². The number of hydrogen-bond donors (Lipinski definition) is 2. The van der Waals surface area contributed by atoms with Gasteiger partial charge in [-0.25, -0.2) is 0 Å². The molecular weight excluding hydrogens is 320 g/mol. The van der Waals surface area contributed by atoms with E-state index in [1.807, 2.05) is 0 Å². The van der Waals surface area contributed by atoms with Crippen molar-refractivity contribution in [3.05, 3.63) is 58.1 Å². The fraction of sp³-hybridized carbons (Fsp3) is 0.0625. The molecule has 0 saturated carbocycles. The Morgan fingerprint density at radius 1 is 1.09 bits per heavy atom. The third-order valence-corrected chi connectivity index (χ3v) is 3.64. The molecule has 23 heavy (non-hydrogen) atoms. The molecule has 0 saturated heterocycles. The Balaban J connectivity index is 1.88. The second-order valence-corrected chi connectivity index (χ2v) is 5.28. The molecule has 2 aromatic rings. The van der Waals surface area contributed by atoms with Gasteiger partial charge in [0.2, 0.25) is 0 Å². The molecule has 1 heterocycles. The van der Waals surface area contributed by atoms with Crippen molar-refractivity contribution in [3.63, 3.8) is 0 Å². The van der Waals surface area contributed by atoms with Crippen molar-refractivity contribution in [1.29, 1.82) is 0 Å². The van der Waals surface area contributed by atoms with Gasteiger partial charge in [-0.1, -0.05) is 11.6 Å². The number of carbonyl (C=O) groups is 3. The van der Waals surface area contributed by atoms with Crippen LogP contribution in [0.2, 0.25) is 5.02 Å². The topological polar surface area (TPSA) is 84.5 Å². The van der Waals surface area contributed by atoms with Crippen LogP contribution in [0.4, 0.5) is 5.69 Å². The van der Waals surface area contributed by atoms with Crippen molar-refractivity contribution < 1.29 is 19.1 Å². The van der Waals surface area contributed by atoms with E-state index in [1.165, 1.54) is 25.3 Å². The van der Waals surface area contributed by atoms with Crippen LogP contribution in [-0.4, -0.2) is 24.8 Å². The van der Waals surface area contributed by atoms with E-state index in [9.17, 15) is 14.4 Å². The van der Waals surface area contributed by atoms with Gasteiger partial charge in [0.15, 0.2) is 0 Å². The second kappa shape index (κ2) is 5.73. The molecule has 3 amide bonds. The molecule has 6 nitrogen and oxygen atoms in total. The number of halogens is 1. The first-order valence-corrected chi connectivity index (χ1v) is 7.02. The normalized spacial score (nSPS) is 12.6. The minimum absolute atomic E-state index is 0.232. The van der Waals surface area contributed by atoms with Gasteiger partial charge in [-0.2, -0.15) is 0 Å². The number of imide groups is 1. The van der Waals surface area contributed by atoms with Gasteiger partial charge in [0.1, 0.15) is 5.75 Å². The highest BCUT2D eigenvalue weighted by Gasteiger charge is 2.27. The molecule has 116 valence electrons. The van der Waals surface area contributed by atoms with Crippen LogP contribution in [0.25, 0.3) is 0 Å². The molecule has 7 heteroatoms. The zero-order chi connectivity index (χ0) is 16.6. The molecule has 0 aliphatic carbocycles. The fourth-order valence-electron chi connectivity index (χ4n) is 2.30. The number of methoxy groups -OCH3 is 1. The SMILES string of the molecule is COc1cc(Cl)ccc1C(=O)Nc1ccc2c(c1)C(=O)NC2=O. The van der Waals surface area contributed by atoms with Crippen LogP contribution in [-0.2, 0) is 0 Å². The quantitative estimate of drug-likeness (QED) is 0.847. The standard InChI is InChI=1S/C16H11ClN2O4/c1-23-13-6-8(17)2-4-11(13)15(21)18-9-3-5-10-12(7-9)16(22)19-14(10)20/h2-7H,1H3,(H,18,21)(H,19,20,22). The van der Waals surface area contributed by atoms with Gasteiger partial charge < -0.3 is 10.1 Å². The number of amides is 3. The van der Waals surface area contributed by atoms with E-state index in [0.717, 1.165) is 0 Å². The Morgan fingerprint density at radius 2 is 1.83 bits per heavy atom. The van der Waals surface area contributed by atoms with E-state index >= 15 is 0 Å². The molecule has 0 fully saturated rings. The first kappa shape index (κ1) is 15.1. The summed E-state index contributed by atoms with van der Waals surface area (Å²) in [6, 6.07) is 9.15. The molecule has 1 aliphatic rings. The predicted octanol–water partition coefficient (Wildman–Crippen LogP) is 2.48. The first-order chi connectivity index (χ1) is 11.0. The Morgan fingerprint density at radius 3 is 2.57 bits per heavy atom.